The maximum Gasteiger partial charge on any atom is 0.410 e. The maximum atomic E-state index is 12.3. The van der Waals surface area contributed by atoms with Crippen LogP contribution in [0, 0.1) is 0 Å². The smallest absolute Gasteiger partial charge is 0.410 e. The van der Waals surface area contributed by atoms with E-state index in [1.807, 2.05) is 27.7 Å². The molecule has 1 aromatic rings. The van der Waals surface area contributed by atoms with Crippen molar-refractivity contribution in [1.29, 1.82) is 0 Å². The van der Waals surface area contributed by atoms with Crippen LogP contribution in [-0.4, -0.2) is 29.2 Å². The first-order valence-electron chi connectivity index (χ1n) is 7.54. The van der Waals surface area contributed by atoms with Crippen LogP contribution in [0.3, 0.4) is 0 Å². The SMILES string of the molecule is CCCc1csc2c1O[C@@H](C)CN(C(=O)OC(C)(C)C)C2. The van der Waals surface area contributed by atoms with Gasteiger partial charge in [0.15, 0.2) is 0 Å². The van der Waals surface area contributed by atoms with Crippen molar-refractivity contribution < 1.29 is 14.3 Å². The summed E-state index contributed by atoms with van der Waals surface area (Å²) in [5.41, 5.74) is 0.787. The number of fused-ring (bicyclic) bond motifs is 1. The third kappa shape index (κ3) is 4.13. The average molecular weight is 311 g/mol. The fourth-order valence-electron chi connectivity index (χ4n) is 2.37. The fraction of sp³-hybridized carbons (Fsp3) is 0.688. The van der Waals surface area contributed by atoms with Crippen LogP contribution in [-0.2, 0) is 17.7 Å². The molecule has 0 saturated heterocycles. The second-order valence-corrected chi connectivity index (χ2v) is 7.52. The van der Waals surface area contributed by atoms with E-state index in [9.17, 15) is 4.79 Å². The van der Waals surface area contributed by atoms with Gasteiger partial charge in [0.05, 0.1) is 18.0 Å². The molecule has 1 amide bonds. The van der Waals surface area contributed by atoms with E-state index in [-0.39, 0.29) is 12.2 Å². The highest BCUT2D eigenvalue weighted by molar-refractivity contribution is 7.10. The van der Waals surface area contributed by atoms with Crippen molar-refractivity contribution in [2.45, 2.75) is 65.7 Å². The maximum absolute atomic E-state index is 12.3. The molecule has 1 atom stereocenters. The van der Waals surface area contributed by atoms with Crippen LogP contribution in [0.25, 0.3) is 0 Å². The zero-order valence-corrected chi connectivity index (χ0v) is 14.4. The molecule has 0 aliphatic carbocycles. The standard InChI is InChI=1S/C16H25NO3S/c1-6-7-12-10-21-13-9-17(8-11(2)19-14(12)13)15(18)20-16(3,4)5/h10-11H,6-9H2,1-5H3/t11-/m0/s1. The quantitative estimate of drug-likeness (QED) is 0.821. The summed E-state index contributed by atoms with van der Waals surface area (Å²) in [6, 6.07) is 0. The molecule has 0 fully saturated rings. The zero-order chi connectivity index (χ0) is 15.6. The second kappa shape index (κ2) is 6.26. The number of aryl methyl sites for hydroxylation is 1. The van der Waals surface area contributed by atoms with Gasteiger partial charge in [0.2, 0.25) is 0 Å². The van der Waals surface area contributed by atoms with Gasteiger partial charge in [0, 0.05) is 5.56 Å². The lowest BCUT2D eigenvalue weighted by atomic mass is 10.2. The molecule has 1 aliphatic heterocycles. The number of amides is 1. The predicted molar refractivity (Wildman–Crippen MR) is 85.0 cm³/mol. The summed E-state index contributed by atoms with van der Waals surface area (Å²) < 4.78 is 11.5. The van der Waals surface area contributed by atoms with Gasteiger partial charge >= 0.3 is 6.09 Å². The van der Waals surface area contributed by atoms with Gasteiger partial charge in [-0.15, -0.1) is 11.3 Å². The molecule has 0 N–H and O–H groups in total. The molecule has 2 rings (SSSR count). The van der Waals surface area contributed by atoms with Gasteiger partial charge in [-0.2, -0.15) is 0 Å². The van der Waals surface area contributed by atoms with E-state index in [4.69, 9.17) is 9.47 Å². The Morgan fingerprint density at radius 2 is 2.24 bits per heavy atom. The molecule has 21 heavy (non-hydrogen) atoms. The lowest BCUT2D eigenvalue weighted by molar-refractivity contribution is 0.0189. The molecule has 0 unspecified atom stereocenters. The molecule has 0 aromatic carbocycles. The highest BCUT2D eigenvalue weighted by Gasteiger charge is 2.29. The summed E-state index contributed by atoms with van der Waals surface area (Å²) in [7, 11) is 0. The van der Waals surface area contributed by atoms with Gasteiger partial charge in [0.25, 0.3) is 0 Å². The topological polar surface area (TPSA) is 38.8 Å². The molecular formula is C16H25NO3S. The molecular weight excluding hydrogens is 286 g/mol. The van der Waals surface area contributed by atoms with E-state index >= 15 is 0 Å². The molecule has 0 spiro atoms. The number of rotatable bonds is 2. The Balaban J connectivity index is 2.18. The molecule has 1 aromatic heterocycles. The monoisotopic (exact) mass is 311 g/mol. The van der Waals surface area contributed by atoms with E-state index in [1.54, 1.807) is 16.2 Å². The van der Waals surface area contributed by atoms with Crippen molar-refractivity contribution in [3.8, 4) is 5.75 Å². The molecule has 0 saturated carbocycles. The third-order valence-corrected chi connectivity index (χ3v) is 4.19. The van der Waals surface area contributed by atoms with Crippen LogP contribution in [0.4, 0.5) is 4.79 Å². The summed E-state index contributed by atoms with van der Waals surface area (Å²) in [5, 5.41) is 2.15. The highest BCUT2D eigenvalue weighted by atomic mass is 32.1. The van der Waals surface area contributed by atoms with Crippen molar-refractivity contribution in [3.05, 3.63) is 15.8 Å². The van der Waals surface area contributed by atoms with E-state index < -0.39 is 5.60 Å². The first-order valence-corrected chi connectivity index (χ1v) is 8.42. The van der Waals surface area contributed by atoms with E-state index in [0.717, 1.165) is 23.5 Å². The number of hydrogen-bond acceptors (Lipinski definition) is 4. The molecule has 2 heterocycles. The van der Waals surface area contributed by atoms with Crippen LogP contribution in [0.15, 0.2) is 5.38 Å². The minimum Gasteiger partial charge on any atom is -0.487 e. The van der Waals surface area contributed by atoms with Crippen LogP contribution < -0.4 is 4.74 Å². The van der Waals surface area contributed by atoms with Gasteiger partial charge in [-0.3, -0.25) is 4.90 Å². The molecule has 118 valence electrons. The largest absolute Gasteiger partial charge is 0.487 e. The number of carbonyl (C=O) groups is 1. The van der Waals surface area contributed by atoms with E-state index in [1.165, 1.54) is 5.56 Å². The van der Waals surface area contributed by atoms with Crippen molar-refractivity contribution in [1.82, 2.24) is 4.90 Å². The molecule has 4 nitrogen and oxygen atoms in total. The van der Waals surface area contributed by atoms with Gasteiger partial charge in [-0.1, -0.05) is 13.3 Å². The van der Waals surface area contributed by atoms with Crippen molar-refractivity contribution in [2.75, 3.05) is 6.54 Å². The third-order valence-electron chi connectivity index (χ3n) is 3.19. The second-order valence-electron chi connectivity index (χ2n) is 6.55. The van der Waals surface area contributed by atoms with Crippen molar-refractivity contribution >= 4 is 17.4 Å². The Morgan fingerprint density at radius 3 is 2.86 bits per heavy atom. The Bertz CT molecular complexity index is 504. The summed E-state index contributed by atoms with van der Waals surface area (Å²) in [6.07, 6.45) is 1.82. The van der Waals surface area contributed by atoms with Crippen LogP contribution >= 0.6 is 11.3 Å². The summed E-state index contributed by atoms with van der Waals surface area (Å²) in [6.45, 7) is 11.0. The van der Waals surface area contributed by atoms with Crippen LogP contribution in [0.5, 0.6) is 5.75 Å². The number of nitrogens with zero attached hydrogens (tertiary/aromatic N) is 1. The van der Waals surface area contributed by atoms with E-state index in [0.29, 0.717) is 13.1 Å². The van der Waals surface area contributed by atoms with Gasteiger partial charge < -0.3 is 9.47 Å². The van der Waals surface area contributed by atoms with Gasteiger partial charge in [-0.25, -0.2) is 4.79 Å². The van der Waals surface area contributed by atoms with Crippen LogP contribution in [0.1, 0.15) is 51.5 Å². The Hall–Kier alpha value is -1.23. The first-order chi connectivity index (χ1) is 9.80. The summed E-state index contributed by atoms with van der Waals surface area (Å²) >= 11 is 1.67. The Labute approximate surface area is 131 Å². The fourth-order valence-corrected chi connectivity index (χ4v) is 3.40. The van der Waals surface area contributed by atoms with Crippen molar-refractivity contribution in [2.24, 2.45) is 0 Å². The number of thiophene rings is 1. The highest BCUT2D eigenvalue weighted by Crippen LogP contribution is 2.35. The number of hydrogen-bond donors (Lipinski definition) is 0. The zero-order valence-electron chi connectivity index (χ0n) is 13.6. The lowest BCUT2D eigenvalue weighted by Gasteiger charge is -2.27. The predicted octanol–water partition coefficient (Wildman–Crippen LogP) is 4.22. The van der Waals surface area contributed by atoms with Gasteiger partial charge in [0.1, 0.15) is 17.5 Å². The molecule has 0 bridgehead atoms. The van der Waals surface area contributed by atoms with E-state index in [2.05, 4.69) is 12.3 Å². The lowest BCUT2D eigenvalue weighted by Crippen LogP contribution is -2.39. The molecule has 0 radical (unpaired) electrons. The first kappa shape index (κ1) is 16.1. The summed E-state index contributed by atoms with van der Waals surface area (Å²) in [4.78, 5) is 15.2. The minimum absolute atomic E-state index is 0.0241. The normalized spacial score (nSPS) is 18.7. The average Bonchev–Trinajstić information content (AvgIpc) is 2.62. The molecule has 1 aliphatic rings. The van der Waals surface area contributed by atoms with Crippen molar-refractivity contribution in [3.63, 3.8) is 0 Å². The molecule has 5 heteroatoms. The minimum atomic E-state index is -0.473. The number of carbonyl (C=O) groups excluding carboxylic acids is 1. The summed E-state index contributed by atoms with van der Waals surface area (Å²) in [5.74, 6) is 0.986. The Kier molecular flexibility index (Phi) is 4.81. The number of ether oxygens (including phenoxy) is 2. The Morgan fingerprint density at radius 1 is 1.52 bits per heavy atom. The van der Waals surface area contributed by atoms with Gasteiger partial charge in [-0.05, 0) is 39.5 Å². The van der Waals surface area contributed by atoms with Crippen LogP contribution in [0.2, 0.25) is 0 Å².